The van der Waals surface area contributed by atoms with Gasteiger partial charge < -0.3 is 10.6 Å². The Balaban J connectivity index is 2.10. The van der Waals surface area contributed by atoms with Gasteiger partial charge in [0.1, 0.15) is 5.01 Å². The normalized spacial score (nSPS) is 11.5. The Morgan fingerprint density at radius 1 is 1.18 bits per heavy atom. The Hall–Kier alpha value is -1.88. The van der Waals surface area contributed by atoms with E-state index in [1.54, 1.807) is 11.3 Å². The van der Waals surface area contributed by atoms with Crippen molar-refractivity contribution in [2.24, 2.45) is 4.99 Å². The van der Waals surface area contributed by atoms with Crippen molar-refractivity contribution >= 4 is 17.3 Å². The largest absolute Gasteiger partial charge is 0.357 e. The average molecular weight is 316 g/mol. The molecule has 5 heteroatoms. The number of aliphatic imine (C=N–C) groups is 1. The Morgan fingerprint density at radius 3 is 2.64 bits per heavy atom. The molecule has 1 aromatic carbocycles. The molecule has 1 aromatic heterocycles. The molecule has 0 saturated carbocycles. The number of aromatic nitrogens is 1. The molecule has 0 bridgehead atoms. The van der Waals surface area contributed by atoms with Crippen LogP contribution in [0.3, 0.4) is 0 Å². The second kappa shape index (κ2) is 8.54. The lowest BCUT2D eigenvalue weighted by Crippen LogP contribution is -2.37. The molecule has 22 heavy (non-hydrogen) atoms. The summed E-state index contributed by atoms with van der Waals surface area (Å²) in [4.78, 5) is 10.5. The van der Waals surface area contributed by atoms with Crippen LogP contribution in [0, 0.1) is 6.92 Å². The fraction of sp³-hybridized carbons (Fsp3) is 0.412. The van der Waals surface area contributed by atoms with Gasteiger partial charge in [0.25, 0.3) is 0 Å². The number of guanidine groups is 1. The fourth-order valence-electron chi connectivity index (χ4n) is 2.01. The van der Waals surface area contributed by atoms with E-state index < -0.39 is 0 Å². The molecule has 2 N–H and O–H groups in total. The predicted molar refractivity (Wildman–Crippen MR) is 95.4 cm³/mol. The van der Waals surface area contributed by atoms with Crippen molar-refractivity contribution in [1.29, 1.82) is 0 Å². The van der Waals surface area contributed by atoms with Crippen LogP contribution in [0.15, 0.2) is 35.3 Å². The van der Waals surface area contributed by atoms with E-state index in [2.05, 4.69) is 53.5 Å². The molecule has 4 nitrogen and oxygen atoms in total. The van der Waals surface area contributed by atoms with Crippen molar-refractivity contribution in [3.05, 3.63) is 40.9 Å². The molecule has 1 heterocycles. The Labute approximate surface area is 136 Å². The summed E-state index contributed by atoms with van der Waals surface area (Å²) in [5.74, 6) is 0.874. The third-order valence-electron chi connectivity index (χ3n) is 3.18. The minimum atomic E-state index is 0.662. The monoisotopic (exact) mass is 316 g/mol. The second-order valence-electron chi connectivity index (χ2n) is 5.02. The zero-order chi connectivity index (χ0) is 15.8. The van der Waals surface area contributed by atoms with Crippen molar-refractivity contribution in [2.75, 3.05) is 13.1 Å². The van der Waals surface area contributed by atoms with Crippen LogP contribution < -0.4 is 10.6 Å². The van der Waals surface area contributed by atoms with Crippen LogP contribution >= 0.6 is 11.3 Å². The molecular weight excluding hydrogens is 292 g/mol. The summed E-state index contributed by atoms with van der Waals surface area (Å²) in [6.45, 7) is 8.75. The van der Waals surface area contributed by atoms with Gasteiger partial charge in [0, 0.05) is 23.5 Å². The van der Waals surface area contributed by atoms with Gasteiger partial charge in [-0.1, -0.05) is 37.3 Å². The first-order valence-electron chi connectivity index (χ1n) is 7.78. The van der Waals surface area contributed by atoms with Crippen LogP contribution in [0.1, 0.15) is 30.8 Å². The molecule has 0 aliphatic carbocycles. The van der Waals surface area contributed by atoms with E-state index in [1.165, 1.54) is 10.4 Å². The molecule has 0 aliphatic heterocycles. The van der Waals surface area contributed by atoms with Gasteiger partial charge in [-0.05, 0) is 20.3 Å². The molecule has 0 radical (unpaired) electrons. The van der Waals surface area contributed by atoms with Crippen molar-refractivity contribution < 1.29 is 0 Å². The highest BCUT2D eigenvalue weighted by Gasteiger charge is 2.09. The lowest BCUT2D eigenvalue weighted by molar-refractivity contribution is 0.786. The summed E-state index contributed by atoms with van der Waals surface area (Å²) >= 11 is 1.72. The standard InChI is InChI=1S/C17H24N4S/c1-4-11-19-17(18-5-2)20-12-15-13(3)21-16(22-15)14-9-7-6-8-10-14/h6-10H,4-5,11-12H2,1-3H3,(H2,18,19,20). The highest BCUT2D eigenvalue weighted by molar-refractivity contribution is 7.15. The summed E-state index contributed by atoms with van der Waals surface area (Å²) in [6.07, 6.45) is 1.09. The molecule has 118 valence electrons. The maximum atomic E-state index is 4.68. The van der Waals surface area contributed by atoms with E-state index in [0.717, 1.165) is 36.2 Å². The van der Waals surface area contributed by atoms with Gasteiger partial charge in [-0.25, -0.2) is 9.98 Å². The zero-order valence-corrected chi connectivity index (χ0v) is 14.3. The van der Waals surface area contributed by atoms with E-state index in [1.807, 2.05) is 18.2 Å². The first kappa shape index (κ1) is 16.5. The lowest BCUT2D eigenvalue weighted by Gasteiger charge is -2.09. The summed E-state index contributed by atoms with van der Waals surface area (Å²) in [5.41, 5.74) is 2.24. The van der Waals surface area contributed by atoms with Crippen molar-refractivity contribution in [2.45, 2.75) is 33.7 Å². The number of hydrogen-bond acceptors (Lipinski definition) is 3. The van der Waals surface area contributed by atoms with Crippen molar-refractivity contribution in [3.63, 3.8) is 0 Å². The predicted octanol–water partition coefficient (Wildman–Crippen LogP) is 3.58. The second-order valence-corrected chi connectivity index (χ2v) is 6.10. The molecular formula is C17H24N4S. The zero-order valence-electron chi connectivity index (χ0n) is 13.5. The number of nitrogens with one attached hydrogen (secondary N) is 2. The number of thiazole rings is 1. The minimum Gasteiger partial charge on any atom is -0.357 e. The molecule has 0 spiro atoms. The number of rotatable bonds is 6. The highest BCUT2D eigenvalue weighted by atomic mass is 32.1. The van der Waals surface area contributed by atoms with Gasteiger partial charge in [-0.3, -0.25) is 0 Å². The van der Waals surface area contributed by atoms with Crippen molar-refractivity contribution in [3.8, 4) is 10.6 Å². The summed E-state index contributed by atoms with van der Waals surface area (Å²) in [6, 6.07) is 10.3. The van der Waals surface area contributed by atoms with Gasteiger partial charge in [-0.2, -0.15) is 0 Å². The summed E-state index contributed by atoms with van der Waals surface area (Å²) in [5, 5.41) is 7.66. The Morgan fingerprint density at radius 2 is 1.95 bits per heavy atom. The molecule has 0 atom stereocenters. The maximum Gasteiger partial charge on any atom is 0.191 e. The molecule has 0 unspecified atom stereocenters. The van der Waals surface area contributed by atoms with E-state index in [-0.39, 0.29) is 0 Å². The van der Waals surface area contributed by atoms with E-state index in [0.29, 0.717) is 6.54 Å². The lowest BCUT2D eigenvalue weighted by atomic mass is 10.2. The van der Waals surface area contributed by atoms with Crippen LogP contribution in [0.4, 0.5) is 0 Å². The Kier molecular flexibility index (Phi) is 6.40. The number of aryl methyl sites for hydroxylation is 1. The molecule has 0 saturated heterocycles. The molecule has 2 rings (SSSR count). The fourth-order valence-corrected chi connectivity index (χ4v) is 3.01. The van der Waals surface area contributed by atoms with Gasteiger partial charge in [0.2, 0.25) is 0 Å². The minimum absolute atomic E-state index is 0.662. The molecule has 0 aliphatic rings. The summed E-state index contributed by atoms with van der Waals surface area (Å²) in [7, 11) is 0. The number of hydrogen-bond donors (Lipinski definition) is 2. The van der Waals surface area contributed by atoms with Crippen LogP contribution in [0.5, 0.6) is 0 Å². The summed E-state index contributed by atoms with van der Waals surface area (Å²) < 4.78 is 0. The number of benzene rings is 1. The third-order valence-corrected chi connectivity index (χ3v) is 4.37. The first-order chi connectivity index (χ1) is 10.7. The highest BCUT2D eigenvalue weighted by Crippen LogP contribution is 2.28. The quantitative estimate of drug-likeness (QED) is 0.632. The molecule has 2 aromatic rings. The van der Waals surface area contributed by atoms with Crippen LogP contribution in [-0.2, 0) is 6.54 Å². The Bertz CT molecular complexity index is 604. The van der Waals surface area contributed by atoms with Crippen LogP contribution in [0.25, 0.3) is 10.6 Å². The van der Waals surface area contributed by atoms with Gasteiger partial charge in [-0.15, -0.1) is 11.3 Å². The van der Waals surface area contributed by atoms with E-state index >= 15 is 0 Å². The third kappa shape index (κ3) is 4.56. The topological polar surface area (TPSA) is 49.3 Å². The van der Waals surface area contributed by atoms with Crippen LogP contribution in [-0.4, -0.2) is 24.0 Å². The average Bonchev–Trinajstić information content (AvgIpc) is 2.92. The van der Waals surface area contributed by atoms with Crippen molar-refractivity contribution in [1.82, 2.24) is 15.6 Å². The van der Waals surface area contributed by atoms with Gasteiger partial charge >= 0.3 is 0 Å². The maximum absolute atomic E-state index is 4.68. The number of nitrogens with zero attached hydrogens (tertiary/aromatic N) is 2. The first-order valence-corrected chi connectivity index (χ1v) is 8.60. The van der Waals surface area contributed by atoms with Crippen LogP contribution in [0.2, 0.25) is 0 Å². The van der Waals surface area contributed by atoms with E-state index in [4.69, 9.17) is 0 Å². The van der Waals surface area contributed by atoms with Gasteiger partial charge in [0.05, 0.1) is 12.2 Å². The smallest absolute Gasteiger partial charge is 0.191 e. The molecule has 0 amide bonds. The van der Waals surface area contributed by atoms with Gasteiger partial charge in [0.15, 0.2) is 5.96 Å². The molecule has 0 fully saturated rings. The van der Waals surface area contributed by atoms with E-state index in [9.17, 15) is 0 Å². The SMILES string of the molecule is CCCNC(=NCc1sc(-c2ccccc2)nc1C)NCC.